The highest BCUT2D eigenvalue weighted by Gasteiger charge is 2.27. The number of aryl methyl sites for hydroxylation is 2. The largest absolute Gasteiger partial charge is 0.497 e. The van der Waals surface area contributed by atoms with Gasteiger partial charge in [0.2, 0.25) is 5.78 Å². The number of rotatable bonds is 9. The van der Waals surface area contributed by atoms with Gasteiger partial charge in [-0.2, -0.15) is 0 Å². The predicted molar refractivity (Wildman–Crippen MR) is 111 cm³/mol. The van der Waals surface area contributed by atoms with Crippen LogP contribution in [0.15, 0.2) is 24.3 Å². The van der Waals surface area contributed by atoms with Crippen molar-refractivity contribution in [3.8, 4) is 11.5 Å². The van der Waals surface area contributed by atoms with E-state index in [0.29, 0.717) is 22.8 Å². The summed E-state index contributed by atoms with van der Waals surface area (Å²) in [5.74, 6) is -0.813. The van der Waals surface area contributed by atoms with E-state index in [1.807, 2.05) is 6.92 Å². The van der Waals surface area contributed by atoms with Crippen molar-refractivity contribution in [1.29, 1.82) is 0 Å². The van der Waals surface area contributed by atoms with Crippen LogP contribution in [0.25, 0.3) is 0 Å². The first kappa shape index (κ1) is 23.0. The van der Waals surface area contributed by atoms with Crippen LogP contribution in [-0.2, 0) is 9.53 Å². The Morgan fingerprint density at radius 2 is 1.60 bits per heavy atom. The molecule has 0 spiro atoms. The molecule has 2 aromatic rings. The van der Waals surface area contributed by atoms with Crippen molar-refractivity contribution in [2.45, 2.75) is 33.7 Å². The number of aromatic nitrogens is 1. The molecule has 0 aliphatic rings. The SMILES string of the molecule is COc1cc(OC)cc(C(=O)N[C@H](C(=O)OCC(=O)c2cc(C)[nH]c2C)C(C)C)c1. The fourth-order valence-electron chi connectivity index (χ4n) is 2.98. The molecule has 8 heteroatoms. The molecule has 0 saturated heterocycles. The van der Waals surface area contributed by atoms with Gasteiger partial charge in [0.1, 0.15) is 17.5 Å². The van der Waals surface area contributed by atoms with Crippen LogP contribution in [0, 0.1) is 19.8 Å². The van der Waals surface area contributed by atoms with Crippen LogP contribution in [0.2, 0.25) is 0 Å². The number of Topliss-reactive ketones (excluding diaryl/α,β-unsaturated/α-hetero) is 1. The number of carbonyl (C=O) groups excluding carboxylic acids is 3. The monoisotopic (exact) mass is 416 g/mol. The van der Waals surface area contributed by atoms with Crippen LogP contribution in [-0.4, -0.2) is 49.5 Å². The summed E-state index contributed by atoms with van der Waals surface area (Å²) in [6, 6.07) is 5.52. The second kappa shape index (κ2) is 9.96. The molecule has 1 aromatic heterocycles. The Hall–Kier alpha value is -3.29. The molecule has 0 bridgehead atoms. The van der Waals surface area contributed by atoms with Gasteiger partial charge in [0.05, 0.1) is 14.2 Å². The maximum atomic E-state index is 12.7. The molecule has 0 radical (unpaired) electrons. The summed E-state index contributed by atoms with van der Waals surface area (Å²) < 4.78 is 15.6. The summed E-state index contributed by atoms with van der Waals surface area (Å²) in [5.41, 5.74) is 2.32. The minimum absolute atomic E-state index is 0.250. The zero-order valence-corrected chi connectivity index (χ0v) is 18.1. The zero-order chi connectivity index (χ0) is 22.4. The van der Waals surface area contributed by atoms with E-state index in [1.54, 1.807) is 45.0 Å². The van der Waals surface area contributed by atoms with Crippen LogP contribution in [0.4, 0.5) is 0 Å². The maximum Gasteiger partial charge on any atom is 0.329 e. The van der Waals surface area contributed by atoms with E-state index in [9.17, 15) is 14.4 Å². The summed E-state index contributed by atoms with van der Waals surface area (Å²) in [7, 11) is 2.96. The third-order valence-electron chi connectivity index (χ3n) is 4.62. The lowest BCUT2D eigenvalue weighted by Crippen LogP contribution is -2.45. The van der Waals surface area contributed by atoms with Gasteiger partial charge < -0.3 is 24.5 Å². The molecule has 1 aromatic carbocycles. The van der Waals surface area contributed by atoms with Crippen molar-refractivity contribution < 1.29 is 28.6 Å². The summed E-state index contributed by atoms with van der Waals surface area (Å²) in [6.45, 7) is 6.78. The van der Waals surface area contributed by atoms with E-state index < -0.39 is 24.5 Å². The highest BCUT2D eigenvalue weighted by Crippen LogP contribution is 2.22. The van der Waals surface area contributed by atoms with Crippen molar-refractivity contribution in [3.05, 3.63) is 46.8 Å². The quantitative estimate of drug-likeness (QED) is 0.481. The van der Waals surface area contributed by atoms with Crippen molar-refractivity contribution >= 4 is 17.7 Å². The van der Waals surface area contributed by atoms with Crippen molar-refractivity contribution in [2.75, 3.05) is 20.8 Å². The molecule has 162 valence electrons. The van der Waals surface area contributed by atoms with Gasteiger partial charge in [-0.3, -0.25) is 9.59 Å². The number of amides is 1. The van der Waals surface area contributed by atoms with Crippen LogP contribution < -0.4 is 14.8 Å². The normalized spacial score (nSPS) is 11.7. The summed E-state index contributed by atoms with van der Waals surface area (Å²) >= 11 is 0. The van der Waals surface area contributed by atoms with Gasteiger partial charge in [-0.05, 0) is 38.0 Å². The molecule has 8 nitrogen and oxygen atoms in total. The third-order valence-corrected chi connectivity index (χ3v) is 4.62. The highest BCUT2D eigenvalue weighted by molar-refractivity contribution is 6.00. The van der Waals surface area contributed by atoms with E-state index in [4.69, 9.17) is 14.2 Å². The second-order valence-corrected chi connectivity index (χ2v) is 7.32. The minimum atomic E-state index is -0.920. The van der Waals surface area contributed by atoms with Crippen LogP contribution in [0.5, 0.6) is 11.5 Å². The number of ether oxygens (including phenoxy) is 3. The number of esters is 1. The molecule has 30 heavy (non-hydrogen) atoms. The van der Waals surface area contributed by atoms with Crippen LogP contribution in [0.3, 0.4) is 0 Å². The molecule has 0 saturated carbocycles. The third kappa shape index (κ3) is 5.62. The van der Waals surface area contributed by atoms with Crippen molar-refractivity contribution in [3.63, 3.8) is 0 Å². The lowest BCUT2D eigenvalue weighted by Gasteiger charge is -2.21. The van der Waals surface area contributed by atoms with E-state index in [2.05, 4.69) is 10.3 Å². The molecule has 1 atom stereocenters. The molecule has 0 aliphatic carbocycles. The van der Waals surface area contributed by atoms with Crippen molar-refractivity contribution in [2.24, 2.45) is 5.92 Å². The Bertz CT molecular complexity index is 909. The average Bonchev–Trinajstić information content (AvgIpc) is 3.06. The average molecular weight is 416 g/mol. The Morgan fingerprint density at radius 1 is 1.00 bits per heavy atom. The van der Waals surface area contributed by atoms with Crippen LogP contribution in [0.1, 0.15) is 46.0 Å². The van der Waals surface area contributed by atoms with Gasteiger partial charge in [0, 0.05) is 28.6 Å². The molecular formula is C22H28N2O6. The first-order valence-electron chi connectivity index (χ1n) is 9.56. The second-order valence-electron chi connectivity index (χ2n) is 7.32. The lowest BCUT2D eigenvalue weighted by atomic mass is 10.0. The molecule has 2 rings (SSSR count). The number of ketones is 1. The Kier molecular flexibility index (Phi) is 7.63. The van der Waals surface area contributed by atoms with Gasteiger partial charge in [0.25, 0.3) is 5.91 Å². The molecule has 0 unspecified atom stereocenters. The minimum Gasteiger partial charge on any atom is -0.497 e. The first-order valence-corrected chi connectivity index (χ1v) is 9.56. The Balaban J connectivity index is 2.08. The van der Waals surface area contributed by atoms with Gasteiger partial charge in [-0.25, -0.2) is 4.79 Å². The molecule has 1 heterocycles. The topological polar surface area (TPSA) is 107 Å². The molecule has 2 N–H and O–H groups in total. The van der Waals surface area contributed by atoms with Gasteiger partial charge in [-0.1, -0.05) is 13.8 Å². The Labute approximate surface area is 175 Å². The lowest BCUT2D eigenvalue weighted by molar-refractivity contribution is -0.145. The fraction of sp³-hybridized carbons (Fsp3) is 0.409. The molecular weight excluding hydrogens is 388 g/mol. The number of aromatic amines is 1. The number of hydrogen-bond acceptors (Lipinski definition) is 6. The summed E-state index contributed by atoms with van der Waals surface area (Å²) in [6.07, 6.45) is 0. The molecule has 0 fully saturated rings. The van der Waals surface area contributed by atoms with E-state index in [0.717, 1.165) is 5.69 Å². The number of H-pyrrole nitrogens is 1. The number of methoxy groups -OCH3 is 2. The predicted octanol–water partition coefficient (Wildman–Crippen LogP) is 2.83. The summed E-state index contributed by atoms with van der Waals surface area (Å²) in [5, 5.41) is 2.67. The summed E-state index contributed by atoms with van der Waals surface area (Å²) in [4.78, 5) is 40.7. The van der Waals surface area contributed by atoms with E-state index in [-0.39, 0.29) is 17.3 Å². The van der Waals surface area contributed by atoms with Gasteiger partial charge >= 0.3 is 5.97 Å². The highest BCUT2D eigenvalue weighted by atomic mass is 16.5. The fourth-order valence-corrected chi connectivity index (χ4v) is 2.98. The number of benzene rings is 1. The standard InChI is InChI=1S/C22H28N2O6/c1-12(2)20(22(27)30-11-19(25)18-7-13(3)23-14(18)4)24-21(26)15-8-16(28-5)10-17(9-15)29-6/h7-10,12,20,23H,11H2,1-6H3,(H,24,26)/t20-/m0/s1. The van der Waals surface area contributed by atoms with Crippen molar-refractivity contribution in [1.82, 2.24) is 10.3 Å². The van der Waals surface area contributed by atoms with Gasteiger partial charge in [0.15, 0.2) is 6.61 Å². The van der Waals surface area contributed by atoms with Gasteiger partial charge in [-0.15, -0.1) is 0 Å². The van der Waals surface area contributed by atoms with Crippen LogP contribution >= 0.6 is 0 Å². The maximum absolute atomic E-state index is 12.7. The number of carbonyl (C=O) groups is 3. The Morgan fingerprint density at radius 3 is 2.07 bits per heavy atom. The number of nitrogens with one attached hydrogen (secondary N) is 2. The first-order chi connectivity index (χ1) is 14.2. The van der Waals surface area contributed by atoms with E-state index >= 15 is 0 Å². The number of hydrogen-bond donors (Lipinski definition) is 2. The van der Waals surface area contributed by atoms with E-state index in [1.165, 1.54) is 14.2 Å². The smallest absolute Gasteiger partial charge is 0.329 e. The molecule has 0 aliphatic heterocycles. The molecule has 1 amide bonds. The zero-order valence-electron chi connectivity index (χ0n) is 18.1.